The summed E-state index contributed by atoms with van der Waals surface area (Å²) < 4.78 is 8.59. The van der Waals surface area contributed by atoms with Crippen LogP contribution in [0.5, 0.6) is 5.75 Å². The number of ether oxygens (including phenoxy) is 1. The molecule has 4 rings (SSSR count). The molecular weight excluding hydrogens is 364 g/mol. The second kappa shape index (κ2) is 7.47. The van der Waals surface area contributed by atoms with Gasteiger partial charge in [0.15, 0.2) is 11.0 Å². The molecule has 0 radical (unpaired) electrons. The zero-order chi connectivity index (χ0) is 17.9. The van der Waals surface area contributed by atoms with Gasteiger partial charge in [0.25, 0.3) is 0 Å². The summed E-state index contributed by atoms with van der Waals surface area (Å²) in [5.74, 6) is 2.50. The molecule has 0 saturated heterocycles. The minimum Gasteiger partial charge on any atom is -0.497 e. The number of benzene rings is 2. The highest BCUT2D eigenvalue weighted by molar-refractivity contribution is 7.98. The molecule has 5 nitrogen and oxygen atoms in total. The predicted octanol–water partition coefficient (Wildman–Crippen LogP) is 4.88. The minimum atomic E-state index is 0.792. The van der Waals surface area contributed by atoms with Crippen LogP contribution in [0.4, 0.5) is 0 Å². The fourth-order valence-electron chi connectivity index (χ4n) is 2.74. The topological polar surface area (TPSA) is 52.8 Å². The number of hydrogen-bond donors (Lipinski definition) is 0. The largest absolute Gasteiger partial charge is 0.497 e. The maximum Gasteiger partial charge on any atom is 0.191 e. The van der Waals surface area contributed by atoms with E-state index < -0.39 is 0 Å². The first kappa shape index (κ1) is 17.1. The van der Waals surface area contributed by atoms with Gasteiger partial charge in [-0.15, -0.1) is 21.5 Å². The quantitative estimate of drug-likeness (QED) is 0.445. The van der Waals surface area contributed by atoms with Crippen molar-refractivity contribution in [2.75, 3.05) is 7.11 Å². The van der Waals surface area contributed by atoms with Crippen LogP contribution in [-0.2, 0) is 12.3 Å². The zero-order valence-electron chi connectivity index (χ0n) is 14.5. The van der Waals surface area contributed by atoms with E-state index in [1.165, 1.54) is 4.70 Å². The molecule has 0 fully saturated rings. The van der Waals surface area contributed by atoms with E-state index in [-0.39, 0.29) is 0 Å². The monoisotopic (exact) mass is 382 g/mol. The van der Waals surface area contributed by atoms with E-state index in [9.17, 15) is 0 Å². The summed E-state index contributed by atoms with van der Waals surface area (Å²) in [4.78, 5) is 4.69. The van der Waals surface area contributed by atoms with Crippen LogP contribution in [-0.4, -0.2) is 26.9 Å². The van der Waals surface area contributed by atoms with Gasteiger partial charge in [0.1, 0.15) is 10.8 Å². The maximum atomic E-state index is 5.23. The highest BCUT2D eigenvalue weighted by Crippen LogP contribution is 2.30. The average Bonchev–Trinajstić information content (AvgIpc) is 3.29. The molecule has 0 saturated carbocycles. The van der Waals surface area contributed by atoms with Gasteiger partial charge in [0.05, 0.1) is 23.1 Å². The summed E-state index contributed by atoms with van der Waals surface area (Å²) >= 11 is 3.41. The molecule has 0 atom stereocenters. The lowest BCUT2D eigenvalue weighted by atomic mass is 10.2. The van der Waals surface area contributed by atoms with Gasteiger partial charge in [0, 0.05) is 12.1 Å². The van der Waals surface area contributed by atoms with Crippen LogP contribution in [0, 0.1) is 0 Å². The lowest BCUT2D eigenvalue weighted by Gasteiger charge is -2.07. The van der Waals surface area contributed by atoms with Crippen molar-refractivity contribution >= 4 is 33.3 Å². The number of rotatable bonds is 6. The standard InChI is InChI=1S/C19H18N4OS2/c1-3-23-18(13-8-10-14(24-2)11-9-13)21-22-19(23)25-12-17-20-15-6-4-5-7-16(15)26-17/h4-11H,3,12H2,1-2H3. The number of thioether (sulfide) groups is 1. The average molecular weight is 383 g/mol. The maximum absolute atomic E-state index is 5.23. The van der Waals surface area contributed by atoms with E-state index in [2.05, 4.69) is 33.8 Å². The van der Waals surface area contributed by atoms with Gasteiger partial charge in [-0.1, -0.05) is 23.9 Å². The van der Waals surface area contributed by atoms with E-state index in [0.717, 1.165) is 45.1 Å². The van der Waals surface area contributed by atoms with Gasteiger partial charge in [-0.05, 0) is 43.3 Å². The second-order valence-corrected chi connectivity index (χ2v) is 7.70. The summed E-state index contributed by atoms with van der Waals surface area (Å²) in [6.07, 6.45) is 0. The molecule has 0 aliphatic rings. The second-order valence-electron chi connectivity index (χ2n) is 5.64. The van der Waals surface area contributed by atoms with Gasteiger partial charge in [0.2, 0.25) is 0 Å². The van der Waals surface area contributed by atoms with Gasteiger partial charge >= 0.3 is 0 Å². The highest BCUT2D eigenvalue weighted by atomic mass is 32.2. The van der Waals surface area contributed by atoms with Crippen molar-refractivity contribution in [1.29, 1.82) is 0 Å². The number of aromatic nitrogens is 4. The fraction of sp³-hybridized carbons (Fsp3) is 0.211. The molecule has 0 spiro atoms. The predicted molar refractivity (Wildman–Crippen MR) is 107 cm³/mol. The van der Waals surface area contributed by atoms with Crippen molar-refractivity contribution in [2.24, 2.45) is 0 Å². The summed E-state index contributed by atoms with van der Waals surface area (Å²) in [6, 6.07) is 16.1. The number of para-hydroxylation sites is 1. The van der Waals surface area contributed by atoms with Crippen molar-refractivity contribution in [3.05, 3.63) is 53.5 Å². The van der Waals surface area contributed by atoms with Crippen LogP contribution >= 0.6 is 23.1 Å². The number of thiazole rings is 1. The molecule has 132 valence electrons. The molecule has 2 aromatic heterocycles. The molecule has 0 aliphatic heterocycles. The molecule has 26 heavy (non-hydrogen) atoms. The molecule has 0 bridgehead atoms. The Bertz CT molecular complexity index is 991. The van der Waals surface area contributed by atoms with Crippen molar-refractivity contribution in [3.8, 4) is 17.1 Å². The Morgan fingerprint density at radius 3 is 2.62 bits per heavy atom. The van der Waals surface area contributed by atoms with E-state index in [4.69, 9.17) is 9.72 Å². The summed E-state index contributed by atoms with van der Waals surface area (Å²) in [5, 5.41) is 10.8. The van der Waals surface area contributed by atoms with Crippen LogP contribution in [0.1, 0.15) is 11.9 Å². The van der Waals surface area contributed by atoms with Gasteiger partial charge < -0.3 is 9.30 Å². The third kappa shape index (κ3) is 3.32. The molecule has 7 heteroatoms. The highest BCUT2D eigenvalue weighted by Gasteiger charge is 2.14. The van der Waals surface area contributed by atoms with Crippen LogP contribution in [0.3, 0.4) is 0 Å². The Balaban J connectivity index is 1.55. The number of methoxy groups -OCH3 is 1. The van der Waals surface area contributed by atoms with Crippen molar-refractivity contribution < 1.29 is 4.74 Å². The smallest absolute Gasteiger partial charge is 0.191 e. The fourth-order valence-corrected chi connectivity index (χ4v) is 4.70. The zero-order valence-corrected chi connectivity index (χ0v) is 16.2. The van der Waals surface area contributed by atoms with Crippen LogP contribution < -0.4 is 4.74 Å². The van der Waals surface area contributed by atoms with Gasteiger partial charge in [-0.3, -0.25) is 0 Å². The Morgan fingerprint density at radius 1 is 1.08 bits per heavy atom. The number of fused-ring (bicyclic) bond motifs is 1. The minimum absolute atomic E-state index is 0.792. The van der Waals surface area contributed by atoms with Crippen LogP contribution in [0.25, 0.3) is 21.6 Å². The first-order valence-electron chi connectivity index (χ1n) is 8.33. The summed E-state index contributed by atoms with van der Waals surface area (Å²) in [5.41, 5.74) is 2.09. The Hall–Kier alpha value is -2.38. The first-order chi connectivity index (χ1) is 12.8. The van der Waals surface area contributed by atoms with E-state index in [0.29, 0.717) is 0 Å². The molecule has 0 amide bonds. The van der Waals surface area contributed by atoms with Gasteiger partial charge in [-0.25, -0.2) is 4.98 Å². The lowest BCUT2D eigenvalue weighted by Crippen LogP contribution is -1.99. The number of hydrogen-bond acceptors (Lipinski definition) is 6. The summed E-state index contributed by atoms with van der Waals surface area (Å²) in [6.45, 7) is 2.93. The van der Waals surface area contributed by atoms with E-state index in [1.807, 2.05) is 36.4 Å². The van der Waals surface area contributed by atoms with Crippen molar-refractivity contribution in [3.63, 3.8) is 0 Å². The normalized spacial score (nSPS) is 11.2. The van der Waals surface area contributed by atoms with Gasteiger partial charge in [-0.2, -0.15) is 0 Å². The molecule has 4 aromatic rings. The van der Waals surface area contributed by atoms with Crippen molar-refractivity contribution in [1.82, 2.24) is 19.7 Å². The molecule has 2 heterocycles. The Morgan fingerprint density at radius 2 is 1.88 bits per heavy atom. The third-order valence-corrected chi connectivity index (χ3v) is 6.24. The molecule has 0 aliphatic carbocycles. The Labute approximate surface area is 160 Å². The van der Waals surface area contributed by atoms with Crippen LogP contribution in [0.2, 0.25) is 0 Å². The van der Waals surface area contributed by atoms with E-state index in [1.54, 1.807) is 30.2 Å². The molecule has 2 aromatic carbocycles. The Kier molecular flexibility index (Phi) is 4.90. The van der Waals surface area contributed by atoms with Crippen LogP contribution in [0.15, 0.2) is 53.7 Å². The first-order valence-corrected chi connectivity index (χ1v) is 10.1. The molecule has 0 unspecified atom stereocenters. The lowest BCUT2D eigenvalue weighted by molar-refractivity contribution is 0.415. The SMILES string of the molecule is CCn1c(SCc2nc3ccccc3s2)nnc1-c1ccc(OC)cc1. The third-order valence-electron chi connectivity index (χ3n) is 4.04. The van der Waals surface area contributed by atoms with E-state index >= 15 is 0 Å². The molecular formula is C19H18N4OS2. The molecule has 0 N–H and O–H groups in total. The number of nitrogens with zero attached hydrogens (tertiary/aromatic N) is 4. The van der Waals surface area contributed by atoms with Crippen molar-refractivity contribution in [2.45, 2.75) is 24.4 Å². The summed E-state index contributed by atoms with van der Waals surface area (Å²) in [7, 11) is 1.67.